The van der Waals surface area contributed by atoms with Crippen molar-refractivity contribution in [2.75, 3.05) is 38.5 Å². The van der Waals surface area contributed by atoms with Crippen molar-refractivity contribution in [3.63, 3.8) is 0 Å². The van der Waals surface area contributed by atoms with E-state index in [1.807, 2.05) is 31.9 Å². The van der Waals surface area contributed by atoms with E-state index in [9.17, 15) is 9.59 Å². The molecule has 0 atom stereocenters. The van der Waals surface area contributed by atoms with Gasteiger partial charge < -0.3 is 10.2 Å². The van der Waals surface area contributed by atoms with Crippen molar-refractivity contribution in [3.05, 3.63) is 29.8 Å². The molecule has 0 aliphatic heterocycles. The van der Waals surface area contributed by atoms with Crippen molar-refractivity contribution in [3.8, 4) is 0 Å². The van der Waals surface area contributed by atoms with Crippen molar-refractivity contribution in [1.82, 2.24) is 9.80 Å². The summed E-state index contributed by atoms with van der Waals surface area (Å²) in [5.74, 6) is -0.0674. The molecular weight excluding hydrogens is 290 g/mol. The average molecular weight is 319 g/mol. The molecule has 1 aromatic carbocycles. The number of anilines is 1. The molecule has 0 saturated carbocycles. The number of amides is 2. The maximum absolute atomic E-state index is 12.3. The summed E-state index contributed by atoms with van der Waals surface area (Å²) in [6.45, 7) is 8.66. The summed E-state index contributed by atoms with van der Waals surface area (Å²) >= 11 is 0. The van der Waals surface area contributed by atoms with Crippen LogP contribution in [0.3, 0.4) is 0 Å². The summed E-state index contributed by atoms with van der Waals surface area (Å²) in [4.78, 5) is 28.2. The van der Waals surface area contributed by atoms with Gasteiger partial charge in [-0.25, -0.2) is 0 Å². The smallest absolute Gasteiger partial charge is 0.253 e. The minimum Gasteiger partial charge on any atom is -0.339 e. The summed E-state index contributed by atoms with van der Waals surface area (Å²) in [6, 6.07) is 7.13. The lowest BCUT2D eigenvalue weighted by Gasteiger charge is -2.19. The van der Waals surface area contributed by atoms with Crippen LogP contribution in [0.2, 0.25) is 0 Å². The molecule has 2 amide bonds. The Bertz CT molecular complexity index is 513. The van der Waals surface area contributed by atoms with Gasteiger partial charge in [-0.1, -0.05) is 19.4 Å². The van der Waals surface area contributed by atoms with Gasteiger partial charge in [0, 0.05) is 24.3 Å². The van der Waals surface area contributed by atoms with E-state index in [1.165, 1.54) is 0 Å². The summed E-state index contributed by atoms with van der Waals surface area (Å²) in [7, 11) is 1.94. The van der Waals surface area contributed by atoms with Gasteiger partial charge in [-0.2, -0.15) is 0 Å². The minimum absolute atomic E-state index is 0.00818. The Morgan fingerprint density at radius 2 is 1.83 bits per heavy atom. The first-order chi connectivity index (χ1) is 11.0. The second-order valence-electron chi connectivity index (χ2n) is 5.70. The molecule has 0 fully saturated rings. The molecule has 1 N–H and O–H groups in total. The molecule has 0 bridgehead atoms. The van der Waals surface area contributed by atoms with Crippen molar-refractivity contribution in [2.45, 2.75) is 33.6 Å². The maximum Gasteiger partial charge on any atom is 0.253 e. The number of hydrogen-bond acceptors (Lipinski definition) is 3. The van der Waals surface area contributed by atoms with E-state index in [2.05, 4.69) is 12.2 Å². The quantitative estimate of drug-likeness (QED) is 0.761. The van der Waals surface area contributed by atoms with E-state index in [0.717, 1.165) is 19.4 Å². The second kappa shape index (κ2) is 10.0. The van der Waals surface area contributed by atoms with Crippen LogP contribution in [0.4, 0.5) is 5.69 Å². The van der Waals surface area contributed by atoms with E-state index < -0.39 is 0 Å². The van der Waals surface area contributed by atoms with Crippen LogP contribution < -0.4 is 5.32 Å². The van der Waals surface area contributed by atoms with Crippen LogP contribution in [0, 0.1) is 0 Å². The highest BCUT2D eigenvalue weighted by atomic mass is 16.2. The molecule has 5 heteroatoms. The van der Waals surface area contributed by atoms with Gasteiger partial charge in [0.2, 0.25) is 5.91 Å². The van der Waals surface area contributed by atoms with Gasteiger partial charge in [-0.15, -0.1) is 0 Å². The average Bonchev–Trinajstić information content (AvgIpc) is 2.54. The van der Waals surface area contributed by atoms with Crippen LogP contribution in [0.15, 0.2) is 24.3 Å². The highest BCUT2D eigenvalue weighted by Gasteiger charge is 2.13. The standard InChI is InChI=1S/C18H29N3O2/c1-5-8-12-20(4)14-17(22)19-16-11-9-10-15(13-16)18(23)21(6-2)7-3/h9-11,13H,5-8,12,14H2,1-4H3,(H,19,22). The SMILES string of the molecule is CCCCN(C)CC(=O)Nc1cccc(C(=O)N(CC)CC)c1. The van der Waals surface area contributed by atoms with Gasteiger partial charge in [-0.3, -0.25) is 14.5 Å². The number of unbranched alkanes of at least 4 members (excludes halogenated alkanes) is 1. The van der Waals surface area contributed by atoms with E-state index in [0.29, 0.717) is 30.9 Å². The van der Waals surface area contributed by atoms with Crippen molar-refractivity contribution < 1.29 is 9.59 Å². The molecule has 0 saturated heterocycles. The zero-order chi connectivity index (χ0) is 17.2. The monoisotopic (exact) mass is 319 g/mol. The van der Waals surface area contributed by atoms with E-state index in [1.54, 1.807) is 23.1 Å². The molecule has 0 unspecified atom stereocenters. The van der Waals surface area contributed by atoms with E-state index in [4.69, 9.17) is 0 Å². The number of carbonyl (C=O) groups excluding carboxylic acids is 2. The fourth-order valence-electron chi connectivity index (χ4n) is 2.38. The van der Waals surface area contributed by atoms with Gasteiger partial charge in [0.25, 0.3) is 5.91 Å². The Kier molecular flexibility index (Phi) is 8.33. The molecule has 128 valence electrons. The molecule has 0 aliphatic carbocycles. The van der Waals surface area contributed by atoms with Gasteiger partial charge in [0.05, 0.1) is 6.54 Å². The largest absolute Gasteiger partial charge is 0.339 e. The Hall–Kier alpha value is -1.88. The van der Waals surface area contributed by atoms with Crippen LogP contribution in [0.25, 0.3) is 0 Å². The van der Waals surface area contributed by atoms with Crippen LogP contribution in [0.1, 0.15) is 44.0 Å². The molecule has 0 aromatic heterocycles. The molecule has 0 spiro atoms. The number of nitrogens with one attached hydrogen (secondary N) is 1. The zero-order valence-electron chi connectivity index (χ0n) is 14.8. The Morgan fingerprint density at radius 1 is 1.13 bits per heavy atom. The molecule has 1 aromatic rings. The van der Waals surface area contributed by atoms with Gasteiger partial charge in [0.15, 0.2) is 0 Å². The third kappa shape index (κ3) is 6.40. The van der Waals surface area contributed by atoms with E-state index >= 15 is 0 Å². The van der Waals surface area contributed by atoms with Crippen molar-refractivity contribution >= 4 is 17.5 Å². The predicted molar refractivity (Wildman–Crippen MR) is 94.7 cm³/mol. The van der Waals surface area contributed by atoms with Crippen LogP contribution in [-0.2, 0) is 4.79 Å². The lowest BCUT2D eigenvalue weighted by molar-refractivity contribution is -0.117. The second-order valence-corrected chi connectivity index (χ2v) is 5.70. The first-order valence-electron chi connectivity index (χ1n) is 8.39. The van der Waals surface area contributed by atoms with Crippen LogP contribution >= 0.6 is 0 Å². The van der Waals surface area contributed by atoms with Crippen LogP contribution in [0.5, 0.6) is 0 Å². The molecule has 5 nitrogen and oxygen atoms in total. The van der Waals surface area contributed by atoms with Crippen molar-refractivity contribution in [2.24, 2.45) is 0 Å². The van der Waals surface area contributed by atoms with Gasteiger partial charge >= 0.3 is 0 Å². The number of likely N-dealkylation sites (N-methyl/N-ethyl adjacent to an activating group) is 1. The number of benzene rings is 1. The predicted octanol–water partition coefficient (Wildman–Crippen LogP) is 2.84. The van der Waals surface area contributed by atoms with E-state index in [-0.39, 0.29) is 11.8 Å². The van der Waals surface area contributed by atoms with Gasteiger partial charge in [-0.05, 0) is 52.1 Å². The molecule has 1 rings (SSSR count). The topological polar surface area (TPSA) is 52.7 Å². The summed E-state index contributed by atoms with van der Waals surface area (Å²) in [5, 5.41) is 2.87. The number of carbonyl (C=O) groups is 2. The molecule has 0 aliphatic rings. The highest BCUT2D eigenvalue weighted by Crippen LogP contribution is 2.13. The fourth-order valence-corrected chi connectivity index (χ4v) is 2.38. The maximum atomic E-state index is 12.3. The summed E-state index contributed by atoms with van der Waals surface area (Å²) in [5.41, 5.74) is 1.27. The normalized spacial score (nSPS) is 10.7. The number of rotatable bonds is 9. The Balaban J connectivity index is 2.66. The highest BCUT2D eigenvalue weighted by molar-refractivity contribution is 5.97. The fraction of sp³-hybridized carbons (Fsp3) is 0.556. The molecule has 0 radical (unpaired) electrons. The number of hydrogen-bond donors (Lipinski definition) is 1. The lowest BCUT2D eigenvalue weighted by Crippen LogP contribution is -2.31. The Morgan fingerprint density at radius 3 is 2.43 bits per heavy atom. The summed E-state index contributed by atoms with van der Waals surface area (Å²) < 4.78 is 0. The Labute approximate surface area is 139 Å². The third-order valence-corrected chi connectivity index (χ3v) is 3.75. The number of nitrogens with zero attached hydrogens (tertiary/aromatic N) is 2. The molecule has 0 heterocycles. The van der Waals surface area contributed by atoms with Gasteiger partial charge in [0.1, 0.15) is 0 Å². The molecule has 23 heavy (non-hydrogen) atoms. The lowest BCUT2D eigenvalue weighted by atomic mass is 10.1. The third-order valence-electron chi connectivity index (χ3n) is 3.75. The van der Waals surface area contributed by atoms with Crippen LogP contribution in [-0.4, -0.2) is 54.8 Å². The minimum atomic E-state index is -0.0592. The van der Waals surface area contributed by atoms with Crippen molar-refractivity contribution in [1.29, 1.82) is 0 Å². The first-order valence-corrected chi connectivity index (χ1v) is 8.39. The summed E-state index contributed by atoms with van der Waals surface area (Å²) in [6.07, 6.45) is 2.19. The zero-order valence-corrected chi connectivity index (χ0v) is 14.8. The first kappa shape index (κ1) is 19.2. The molecular formula is C18H29N3O2.